The minimum absolute atomic E-state index is 0.205. The average molecular weight is 337 g/mol. The summed E-state index contributed by atoms with van der Waals surface area (Å²) >= 11 is 0. The lowest BCUT2D eigenvalue weighted by molar-refractivity contribution is -0.116. The molecule has 2 N–H and O–H groups in total. The van der Waals surface area contributed by atoms with E-state index in [0.29, 0.717) is 24.1 Å². The number of carbonyl (C=O) groups excluding carboxylic acids is 2. The molecular formula is C22H27NO2. The van der Waals surface area contributed by atoms with E-state index in [4.69, 9.17) is 5.73 Å². The first-order valence-electron chi connectivity index (χ1n) is 9.02. The number of hydrogen-bond donors (Lipinski definition) is 1. The third kappa shape index (κ3) is 4.79. The van der Waals surface area contributed by atoms with Gasteiger partial charge in [-0.2, -0.15) is 0 Å². The molecular weight excluding hydrogens is 310 g/mol. The number of allylic oxidation sites excluding steroid dienone is 5. The molecule has 1 aromatic rings. The van der Waals surface area contributed by atoms with Crippen LogP contribution in [0.4, 0.5) is 5.69 Å². The van der Waals surface area contributed by atoms with Crippen LogP contribution >= 0.6 is 0 Å². The van der Waals surface area contributed by atoms with Crippen LogP contribution in [-0.2, 0) is 4.79 Å². The largest absolute Gasteiger partial charge is 0.398 e. The summed E-state index contributed by atoms with van der Waals surface area (Å²) in [4.78, 5) is 23.7. The van der Waals surface area contributed by atoms with Gasteiger partial charge < -0.3 is 5.73 Å². The van der Waals surface area contributed by atoms with Crippen molar-refractivity contribution in [3.05, 3.63) is 59.2 Å². The highest BCUT2D eigenvalue weighted by Gasteiger charge is 2.22. The number of anilines is 1. The molecule has 0 spiro atoms. The van der Waals surface area contributed by atoms with Crippen molar-refractivity contribution >= 4 is 23.3 Å². The van der Waals surface area contributed by atoms with E-state index in [2.05, 4.69) is 19.6 Å². The van der Waals surface area contributed by atoms with Gasteiger partial charge in [-0.25, -0.2) is 0 Å². The zero-order valence-electron chi connectivity index (χ0n) is 15.0. The Morgan fingerprint density at radius 3 is 2.80 bits per heavy atom. The molecule has 0 saturated carbocycles. The van der Waals surface area contributed by atoms with Crippen molar-refractivity contribution in [1.82, 2.24) is 0 Å². The lowest BCUT2D eigenvalue weighted by atomic mass is 9.83. The fourth-order valence-corrected chi connectivity index (χ4v) is 3.28. The monoisotopic (exact) mass is 337 g/mol. The Labute approximate surface area is 150 Å². The molecule has 1 aliphatic carbocycles. The van der Waals surface area contributed by atoms with Gasteiger partial charge in [-0.1, -0.05) is 37.6 Å². The van der Waals surface area contributed by atoms with Crippen molar-refractivity contribution < 1.29 is 9.59 Å². The molecule has 0 aromatic heterocycles. The quantitative estimate of drug-likeness (QED) is 0.399. The van der Waals surface area contributed by atoms with Gasteiger partial charge in [0, 0.05) is 23.2 Å². The van der Waals surface area contributed by atoms with Crippen molar-refractivity contribution in [2.24, 2.45) is 0 Å². The second kappa shape index (κ2) is 9.16. The minimum Gasteiger partial charge on any atom is -0.398 e. The molecule has 0 fully saturated rings. The number of unbranched alkanes of at least 4 members (excludes halogenated alkanes) is 1. The summed E-state index contributed by atoms with van der Waals surface area (Å²) in [6.07, 6.45) is 10.8. The van der Waals surface area contributed by atoms with Crippen LogP contribution in [0, 0.1) is 0 Å². The van der Waals surface area contributed by atoms with E-state index >= 15 is 0 Å². The summed E-state index contributed by atoms with van der Waals surface area (Å²) in [6, 6.07) is 5.26. The highest BCUT2D eigenvalue weighted by Crippen LogP contribution is 2.36. The molecule has 0 amide bonds. The Kier molecular flexibility index (Phi) is 6.93. The topological polar surface area (TPSA) is 60.2 Å². The van der Waals surface area contributed by atoms with Crippen molar-refractivity contribution in [1.29, 1.82) is 0 Å². The molecule has 3 heteroatoms. The van der Waals surface area contributed by atoms with Gasteiger partial charge >= 0.3 is 0 Å². The molecule has 0 bridgehead atoms. The Morgan fingerprint density at radius 1 is 1.32 bits per heavy atom. The van der Waals surface area contributed by atoms with Crippen molar-refractivity contribution in [2.75, 3.05) is 5.73 Å². The van der Waals surface area contributed by atoms with E-state index in [1.807, 2.05) is 6.08 Å². The summed E-state index contributed by atoms with van der Waals surface area (Å²) < 4.78 is 0. The van der Waals surface area contributed by atoms with Gasteiger partial charge in [-0.05, 0) is 61.4 Å². The highest BCUT2D eigenvalue weighted by molar-refractivity contribution is 6.05. The van der Waals surface area contributed by atoms with E-state index in [-0.39, 0.29) is 5.78 Å². The number of hydrogen-bond acceptors (Lipinski definition) is 3. The molecule has 0 saturated heterocycles. The summed E-state index contributed by atoms with van der Waals surface area (Å²) in [7, 11) is 0. The second-order valence-corrected chi connectivity index (χ2v) is 6.47. The van der Waals surface area contributed by atoms with Crippen LogP contribution in [0.5, 0.6) is 0 Å². The lowest BCUT2D eigenvalue weighted by Gasteiger charge is -2.21. The van der Waals surface area contributed by atoms with E-state index in [9.17, 15) is 9.59 Å². The maximum absolute atomic E-state index is 12.5. The molecule has 132 valence electrons. The van der Waals surface area contributed by atoms with Gasteiger partial charge in [0.05, 0.1) is 0 Å². The molecule has 25 heavy (non-hydrogen) atoms. The summed E-state index contributed by atoms with van der Waals surface area (Å²) in [5.74, 6) is 0.205. The summed E-state index contributed by atoms with van der Waals surface area (Å²) in [5.41, 5.74) is 11.2. The van der Waals surface area contributed by atoms with Crippen LogP contribution in [0.2, 0.25) is 0 Å². The van der Waals surface area contributed by atoms with Crippen LogP contribution < -0.4 is 5.73 Å². The fraction of sp³-hybridized carbons (Fsp3) is 0.364. The Balaban J connectivity index is 2.37. The number of nitrogens with two attached hydrogens (primary N) is 1. The van der Waals surface area contributed by atoms with Crippen LogP contribution in [0.3, 0.4) is 0 Å². The number of Topliss-reactive ketones (excluding diaryl/α,β-unsaturated/α-hetero) is 1. The standard InChI is InChI=1S/C22H27NO2/c1-3-5-7-16(4-2)10-12-19-18(8-6-9-22(19)25)20-14-17(15-24)11-13-21(20)23/h4,7,11,13-15H,2-3,5-6,8-10,12,23H2,1H3/b16-7+. The van der Waals surface area contributed by atoms with Crippen molar-refractivity contribution in [3.63, 3.8) is 0 Å². The maximum Gasteiger partial charge on any atom is 0.159 e. The summed E-state index contributed by atoms with van der Waals surface area (Å²) in [5, 5.41) is 0. The van der Waals surface area contributed by atoms with E-state index in [1.165, 1.54) is 5.57 Å². The van der Waals surface area contributed by atoms with Gasteiger partial charge in [-0.15, -0.1) is 0 Å². The number of ketones is 1. The first-order valence-corrected chi connectivity index (χ1v) is 9.02. The van der Waals surface area contributed by atoms with Gasteiger partial charge in [0.1, 0.15) is 6.29 Å². The van der Waals surface area contributed by atoms with Crippen LogP contribution in [-0.4, -0.2) is 12.1 Å². The summed E-state index contributed by atoms with van der Waals surface area (Å²) in [6.45, 7) is 6.03. The Hall–Kier alpha value is -2.42. The molecule has 3 nitrogen and oxygen atoms in total. The number of carbonyl (C=O) groups is 2. The maximum atomic E-state index is 12.5. The highest BCUT2D eigenvalue weighted by atomic mass is 16.1. The first kappa shape index (κ1) is 18.9. The average Bonchev–Trinajstić information content (AvgIpc) is 2.63. The van der Waals surface area contributed by atoms with Crippen molar-refractivity contribution in [2.45, 2.75) is 51.9 Å². The van der Waals surface area contributed by atoms with E-state index in [1.54, 1.807) is 18.2 Å². The van der Waals surface area contributed by atoms with Crippen LogP contribution in [0.1, 0.15) is 67.8 Å². The molecule has 1 aromatic carbocycles. The SMILES string of the molecule is C=C/C(=C\CCC)CCC1=C(c2cc(C=O)ccc2N)CCCC1=O. The van der Waals surface area contributed by atoms with Gasteiger partial charge in [-0.3, -0.25) is 9.59 Å². The van der Waals surface area contributed by atoms with Crippen LogP contribution in [0.15, 0.2) is 48.1 Å². The predicted molar refractivity (Wildman–Crippen MR) is 104 cm³/mol. The third-order valence-electron chi connectivity index (χ3n) is 4.69. The zero-order valence-corrected chi connectivity index (χ0v) is 15.0. The predicted octanol–water partition coefficient (Wildman–Crippen LogP) is 5.28. The smallest absolute Gasteiger partial charge is 0.159 e. The first-order chi connectivity index (χ1) is 12.1. The lowest BCUT2D eigenvalue weighted by Crippen LogP contribution is -2.12. The Morgan fingerprint density at radius 2 is 2.12 bits per heavy atom. The molecule has 0 radical (unpaired) electrons. The molecule has 0 atom stereocenters. The van der Waals surface area contributed by atoms with Gasteiger partial charge in [0.25, 0.3) is 0 Å². The Bertz CT molecular complexity index is 726. The van der Waals surface area contributed by atoms with Gasteiger partial charge in [0.15, 0.2) is 5.78 Å². The fourth-order valence-electron chi connectivity index (χ4n) is 3.28. The zero-order chi connectivity index (χ0) is 18.2. The van der Waals surface area contributed by atoms with E-state index in [0.717, 1.165) is 55.1 Å². The third-order valence-corrected chi connectivity index (χ3v) is 4.69. The number of rotatable bonds is 8. The number of aldehydes is 1. The molecule has 0 heterocycles. The second-order valence-electron chi connectivity index (χ2n) is 6.47. The number of nitrogen functional groups attached to an aromatic ring is 1. The van der Waals surface area contributed by atoms with Crippen molar-refractivity contribution in [3.8, 4) is 0 Å². The molecule has 0 unspecified atom stereocenters. The normalized spacial score (nSPS) is 15.4. The van der Waals surface area contributed by atoms with Gasteiger partial charge in [0.2, 0.25) is 0 Å². The minimum atomic E-state index is 0.205. The van der Waals surface area contributed by atoms with Crippen LogP contribution in [0.25, 0.3) is 5.57 Å². The molecule has 2 rings (SSSR count). The molecule has 0 aliphatic heterocycles. The molecule has 1 aliphatic rings. The van der Waals surface area contributed by atoms with E-state index < -0.39 is 0 Å². The number of benzene rings is 1.